The Labute approximate surface area is 155 Å². The number of halogens is 1. The normalized spacial score (nSPS) is 14.1. The zero-order valence-electron chi connectivity index (χ0n) is 14.5. The molecule has 1 aromatic heterocycles. The fourth-order valence-electron chi connectivity index (χ4n) is 2.64. The number of aromatic nitrogens is 3. The van der Waals surface area contributed by atoms with Gasteiger partial charge < -0.3 is 24.6 Å². The van der Waals surface area contributed by atoms with Gasteiger partial charge in [-0.15, -0.1) is 5.10 Å². The van der Waals surface area contributed by atoms with Crippen molar-refractivity contribution >= 4 is 35.5 Å². The molecule has 0 unspecified atom stereocenters. The predicted molar refractivity (Wildman–Crippen MR) is 97.5 cm³/mol. The lowest BCUT2D eigenvalue weighted by atomic mass is 10.2. The fraction of sp³-hybridized carbons (Fsp3) is 0.375. The van der Waals surface area contributed by atoms with Crippen molar-refractivity contribution in [1.82, 2.24) is 20.1 Å². The monoisotopic (exact) mass is 378 g/mol. The molecule has 0 saturated carbocycles. The van der Waals surface area contributed by atoms with Crippen molar-refractivity contribution in [2.45, 2.75) is 0 Å². The van der Waals surface area contributed by atoms with Crippen LogP contribution in [0.25, 0.3) is 0 Å². The highest BCUT2D eigenvalue weighted by Crippen LogP contribution is 2.36. The maximum absolute atomic E-state index is 10.8. The first-order chi connectivity index (χ1) is 12.6. The zero-order chi connectivity index (χ0) is 18.5. The number of piperazine rings is 1. The van der Waals surface area contributed by atoms with Gasteiger partial charge in [-0.1, -0.05) is 11.6 Å². The molecule has 0 aliphatic carbocycles. The number of nitrogens with one attached hydrogen (secondary N) is 1. The van der Waals surface area contributed by atoms with Crippen molar-refractivity contribution in [1.29, 1.82) is 0 Å². The highest BCUT2D eigenvalue weighted by Gasteiger charge is 2.18. The summed E-state index contributed by atoms with van der Waals surface area (Å²) in [6.45, 7) is 2.68. The molecule has 0 radical (unpaired) electrons. The van der Waals surface area contributed by atoms with Crippen molar-refractivity contribution in [2.24, 2.45) is 0 Å². The Hall–Kier alpha value is -2.81. The van der Waals surface area contributed by atoms with Crippen LogP contribution < -0.4 is 19.7 Å². The van der Waals surface area contributed by atoms with E-state index in [1.807, 2.05) is 0 Å². The summed E-state index contributed by atoms with van der Waals surface area (Å²) in [5, 5.41) is 11.6. The number of anilines is 3. The second-order valence-corrected chi connectivity index (χ2v) is 5.99. The summed E-state index contributed by atoms with van der Waals surface area (Å²) in [5.41, 5.74) is 0.610. The Morgan fingerprint density at radius 3 is 2.54 bits per heavy atom. The van der Waals surface area contributed by atoms with Crippen LogP contribution in [-0.4, -0.2) is 66.9 Å². The number of hydrogen-bond acceptors (Lipinski definition) is 8. The van der Waals surface area contributed by atoms with E-state index >= 15 is 0 Å². The molecule has 1 aromatic carbocycles. The van der Waals surface area contributed by atoms with Gasteiger partial charge in [0.2, 0.25) is 12.4 Å². The lowest BCUT2D eigenvalue weighted by Gasteiger charge is -2.33. The minimum Gasteiger partial charge on any atom is -0.495 e. The van der Waals surface area contributed by atoms with E-state index in [9.17, 15) is 4.79 Å². The van der Waals surface area contributed by atoms with Crippen LogP contribution in [0.1, 0.15) is 0 Å². The summed E-state index contributed by atoms with van der Waals surface area (Å²) in [7, 11) is 3.08. The molecule has 0 bridgehead atoms. The summed E-state index contributed by atoms with van der Waals surface area (Å²) in [4.78, 5) is 19.1. The Kier molecular flexibility index (Phi) is 5.57. The van der Waals surface area contributed by atoms with E-state index in [2.05, 4.69) is 25.4 Å². The second-order valence-electron chi connectivity index (χ2n) is 5.58. The van der Waals surface area contributed by atoms with Crippen LogP contribution in [-0.2, 0) is 4.79 Å². The quantitative estimate of drug-likeness (QED) is 0.757. The summed E-state index contributed by atoms with van der Waals surface area (Å²) in [6, 6.07) is 3.36. The number of ether oxygens (including phenoxy) is 2. The lowest BCUT2D eigenvalue weighted by Crippen LogP contribution is -2.46. The molecule has 26 heavy (non-hydrogen) atoms. The van der Waals surface area contributed by atoms with E-state index < -0.39 is 0 Å². The van der Waals surface area contributed by atoms with Crippen LogP contribution in [0.5, 0.6) is 11.5 Å². The van der Waals surface area contributed by atoms with E-state index in [4.69, 9.17) is 21.1 Å². The number of carbonyl (C=O) groups excluding carboxylic acids is 1. The van der Waals surface area contributed by atoms with Crippen LogP contribution in [0, 0.1) is 0 Å². The average Bonchev–Trinajstić information content (AvgIpc) is 2.69. The molecule has 1 aliphatic heterocycles. The van der Waals surface area contributed by atoms with E-state index in [1.165, 1.54) is 7.11 Å². The molecular formula is C16H19ClN6O3. The molecule has 1 aliphatic rings. The molecule has 0 atom stereocenters. The molecule has 1 amide bonds. The number of rotatable bonds is 6. The van der Waals surface area contributed by atoms with Crippen molar-refractivity contribution in [3.05, 3.63) is 23.4 Å². The molecule has 0 spiro atoms. The standard InChI is InChI=1S/C16H19ClN6O3/c1-25-13-8-12(14(26-2)7-11(13)17)19-16-20-15(9-18-21-16)23-5-3-22(10-24)4-6-23/h7-10H,3-6H2,1-2H3,(H,19,20,21). The van der Waals surface area contributed by atoms with E-state index in [1.54, 1.807) is 30.3 Å². The number of amides is 1. The van der Waals surface area contributed by atoms with Crippen LogP contribution in [0.15, 0.2) is 18.3 Å². The van der Waals surface area contributed by atoms with Crippen LogP contribution >= 0.6 is 11.6 Å². The van der Waals surface area contributed by atoms with E-state index in [-0.39, 0.29) is 0 Å². The minimum atomic E-state index is 0.322. The van der Waals surface area contributed by atoms with Gasteiger partial charge in [0.1, 0.15) is 11.5 Å². The van der Waals surface area contributed by atoms with Crippen LogP contribution in [0.2, 0.25) is 5.02 Å². The minimum absolute atomic E-state index is 0.322. The largest absolute Gasteiger partial charge is 0.495 e. The molecule has 1 N–H and O–H groups in total. The van der Waals surface area contributed by atoms with Crippen LogP contribution in [0.4, 0.5) is 17.5 Å². The van der Waals surface area contributed by atoms with Gasteiger partial charge in [0.05, 0.1) is 31.1 Å². The van der Waals surface area contributed by atoms with Crippen molar-refractivity contribution in [2.75, 3.05) is 50.6 Å². The van der Waals surface area contributed by atoms with Gasteiger partial charge in [-0.25, -0.2) is 0 Å². The molecule has 1 fully saturated rings. The maximum atomic E-state index is 10.8. The number of hydrogen-bond donors (Lipinski definition) is 1. The topological polar surface area (TPSA) is 92.7 Å². The third kappa shape index (κ3) is 3.88. The highest BCUT2D eigenvalue weighted by atomic mass is 35.5. The van der Waals surface area contributed by atoms with Crippen molar-refractivity contribution in [3.63, 3.8) is 0 Å². The third-order valence-electron chi connectivity index (χ3n) is 4.05. The second kappa shape index (κ2) is 8.05. The molecule has 3 rings (SSSR count). The number of benzene rings is 1. The van der Waals surface area contributed by atoms with Crippen molar-refractivity contribution in [3.8, 4) is 11.5 Å². The first kappa shape index (κ1) is 18.0. The highest BCUT2D eigenvalue weighted by molar-refractivity contribution is 6.32. The first-order valence-electron chi connectivity index (χ1n) is 7.97. The first-order valence-corrected chi connectivity index (χ1v) is 8.35. The smallest absolute Gasteiger partial charge is 0.249 e. The summed E-state index contributed by atoms with van der Waals surface area (Å²) in [6.07, 6.45) is 2.46. The van der Waals surface area contributed by atoms with Gasteiger partial charge >= 0.3 is 0 Å². The predicted octanol–water partition coefficient (Wildman–Crippen LogP) is 1.56. The van der Waals surface area contributed by atoms with Gasteiger partial charge in [-0.3, -0.25) is 4.79 Å². The Morgan fingerprint density at radius 1 is 1.15 bits per heavy atom. The number of methoxy groups -OCH3 is 2. The molecule has 1 saturated heterocycles. The molecule has 2 heterocycles. The number of nitrogens with zero attached hydrogens (tertiary/aromatic N) is 5. The molecule has 138 valence electrons. The summed E-state index contributed by atoms with van der Waals surface area (Å²) in [5.74, 6) is 2.05. The summed E-state index contributed by atoms with van der Waals surface area (Å²) >= 11 is 6.12. The Balaban J connectivity index is 1.80. The molecule has 10 heteroatoms. The fourth-order valence-corrected chi connectivity index (χ4v) is 2.87. The Morgan fingerprint density at radius 2 is 1.88 bits per heavy atom. The molecule has 2 aromatic rings. The molecule has 9 nitrogen and oxygen atoms in total. The van der Waals surface area contributed by atoms with Gasteiger partial charge in [-0.2, -0.15) is 10.1 Å². The maximum Gasteiger partial charge on any atom is 0.249 e. The van der Waals surface area contributed by atoms with Gasteiger partial charge in [0, 0.05) is 38.3 Å². The van der Waals surface area contributed by atoms with Gasteiger partial charge in [0.15, 0.2) is 5.82 Å². The van der Waals surface area contributed by atoms with E-state index in [0.29, 0.717) is 60.2 Å². The lowest BCUT2D eigenvalue weighted by molar-refractivity contribution is -0.118. The van der Waals surface area contributed by atoms with E-state index in [0.717, 1.165) is 6.41 Å². The third-order valence-corrected chi connectivity index (χ3v) is 4.35. The zero-order valence-corrected chi connectivity index (χ0v) is 15.2. The molecular weight excluding hydrogens is 360 g/mol. The summed E-state index contributed by atoms with van der Waals surface area (Å²) < 4.78 is 10.6. The van der Waals surface area contributed by atoms with Gasteiger partial charge in [-0.05, 0) is 0 Å². The van der Waals surface area contributed by atoms with Gasteiger partial charge in [0.25, 0.3) is 0 Å². The average molecular weight is 379 g/mol. The Bertz CT molecular complexity index is 783. The SMILES string of the molecule is COc1cc(Nc2nncc(N3CCN(C=O)CC3)n2)c(OC)cc1Cl. The van der Waals surface area contributed by atoms with Crippen LogP contribution in [0.3, 0.4) is 0 Å². The number of carbonyl (C=O) groups is 1. The van der Waals surface area contributed by atoms with Crippen molar-refractivity contribution < 1.29 is 14.3 Å².